The van der Waals surface area contributed by atoms with Gasteiger partial charge in [0.25, 0.3) is 11.7 Å². The first-order valence-corrected chi connectivity index (χ1v) is 6.97. The van der Waals surface area contributed by atoms with E-state index in [1.54, 1.807) is 0 Å². The normalized spacial score (nSPS) is 10.9. The Morgan fingerprint density at radius 2 is 2.19 bits per heavy atom. The Hall–Kier alpha value is -1.61. The summed E-state index contributed by atoms with van der Waals surface area (Å²) >= 11 is 0.376. The number of amides is 1. The molecule has 0 bridgehead atoms. The van der Waals surface area contributed by atoms with Gasteiger partial charge in [-0.05, 0) is 12.1 Å². The van der Waals surface area contributed by atoms with Crippen LogP contribution in [0.5, 0.6) is 0 Å². The van der Waals surface area contributed by atoms with E-state index >= 15 is 0 Å². The summed E-state index contributed by atoms with van der Waals surface area (Å²) in [5.74, 6) is -4.24. The second-order valence-corrected chi connectivity index (χ2v) is 4.93. The second-order valence-electron chi connectivity index (χ2n) is 3.95. The van der Waals surface area contributed by atoms with Crippen molar-refractivity contribution in [1.82, 2.24) is 4.90 Å². The van der Waals surface area contributed by atoms with Gasteiger partial charge in [0.2, 0.25) is 0 Å². The first-order chi connectivity index (χ1) is 9.93. The predicted octanol–water partition coefficient (Wildman–Crippen LogP) is 1.91. The zero-order valence-electron chi connectivity index (χ0n) is 11.3. The third kappa shape index (κ3) is 6.13. The summed E-state index contributed by atoms with van der Waals surface area (Å²) in [7, 11) is 1.43. The van der Waals surface area contributed by atoms with E-state index in [0.29, 0.717) is 11.8 Å². The van der Waals surface area contributed by atoms with Gasteiger partial charge in [0.1, 0.15) is 12.3 Å². The number of carbonyl (C=O) groups is 2. The van der Waals surface area contributed by atoms with E-state index in [9.17, 15) is 18.4 Å². The van der Waals surface area contributed by atoms with Crippen molar-refractivity contribution in [3.05, 3.63) is 23.7 Å². The lowest BCUT2D eigenvalue weighted by atomic mass is 10.3. The van der Waals surface area contributed by atoms with Gasteiger partial charge in [0.15, 0.2) is 5.76 Å². The van der Waals surface area contributed by atoms with Crippen LogP contribution in [-0.4, -0.2) is 54.4 Å². The predicted molar refractivity (Wildman–Crippen MR) is 71.4 cm³/mol. The van der Waals surface area contributed by atoms with Crippen molar-refractivity contribution < 1.29 is 32.6 Å². The third-order valence-electron chi connectivity index (χ3n) is 2.40. The summed E-state index contributed by atoms with van der Waals surface area (Å²) in [6.07, 6.45) is 0. The average Bonchev–Trinajstić information content (AvgIpc) is 2.88. The van der Waals surface area contributed by atoms with Crippen LogP contribution in [-0.2, 0) is 15.3 Å². The van der Waals surface area contributed by atoms with Crippen molar-refractivity contribution in [3.63, 3.8) is 0 Å². The van der Waals surface area contributed by atoms with Gasteiger partial charge in [-0.3, -0.25) is 9.59 Å². The molecule has 1 aromatic rings. The number of rotatable bonds is 9. The number of nitrogens with zero attached hydrogens (tertiary/aromatic N) is 1. The zero-order valence-corrected chi connectivity index (χ0v) is 12.1. The number of methoxy groups -OCH3 is 1. The van der Waals surface area contributed by atoms with Crippen LogP contribution in [0.25, 0.3) is 0 Å². The van der Waals surface area contributed by atoms with E-state index in [1.165, 1.54) is 19.2 Å². The summed E-state index contributed by atoms with van der Waals surface area (Å²) in [5.41, 5.74) is 0. The van der Waals surface area contributed by atoms with Crippen LogP contribution in [0, 0.1) is 0 Å². The minimum atomic E-state index is -2.53. The number of carbonyl (C=O) groups excluding carboxylic acids is 1. The highest BCUT2D eigenvalue weighted by atomic mass is 32.2. The number of hydrogen-bond acceptors (Lipinski definition) is 5. The third-order valence-corrected chi connectivity index (χ3v) is 3.11. The maximum absolute atomic E-state index is 12.1. The van der Waals surface area contributed by atoms with Crippen molar-refractivity contribution in [1.29, 1.82) is 0 Å². The molecule has 0 aliphatic heterocycles. The molecule has 1 amide bonds. The van der Waals surface area contributed by atoms with Gasteiger partial charge in [0.05, 0.1) is 12.4 Å². The van der Waals surface area contributed by atoms with Gasteiger partial charge in [-0.15, -0.1) is 0 Å². The molecule has 1 N–H and O–H groups in total. The molecule has 0 fully saturated rings. The van der Waals surface area contributed by atoms with Crippen LogP contribution >= 0.6 is 11.8 Å². The topological polar surface area (TPSA) is 80.0 Å². The molecule has 0 unspecified atom stereocenters. The highest BCUT2D eigenvalue weighted by molar-refractivity contribution is 7.98. The monoisotopic (exact) mass is 323 g/mol. The highest BCUT2D eigenvalue weighted by Crippen LogP contribution is 2.21. The minimum absolute atomic E-state index is 0.0675. The molecular weight excluding hydrogens is 308 g/mol. The summed E-state index contributed by atoms with van der Waals surface area (Å²) in [5, 5.41) is 8.78. The summed E-state index contributed by atoms with van der Waals surface area (Å²) in [6, 6.07) is 2.75. The minimum Gasteiger partial charge on any atom is -0.480 e. The Morgan fingerprint density at radius 1 is 1.48 bits per heavy atom. The van der Waals surface area contributed by atoms with Gasteiger partial charge in [-0.1, -0.05) is 11.8 Å². The Kier molecular flexibility index (Phi) is 7.17. The molecule has 21 heavy (non-hydrogen) atoms. The molecule has 0 saturated heterocycles. The standard InChI is InChI=1S/C12H15F2NO5S/c1-19-5-4-15(6-10(16)17)11(18)9-3-2-8(20-9)7-21-12(13)14/h2-3,12H,4-7H2,1H3,(H,16,17). The number of ether oxygens (including phenoxy) is 1. The fraction of sp³-hybridized carbons (Fsp3) is 0.500. The van der Waals surface area contributed by atoms with E-state index in [4.69, 9.17) is 14.3 Å². The maximum Gasteiger partial charge on any atom is 0.323 e. The maximum atomic E-state index is 12.1. The molecule has 6 nitrogen and oxygen atoms in total. The van der Waals surface area contributed by atoms with E-state index in [1.807, 2.05) is 0 Å². The number of aliphatic carboxylic acids is 1. The van der Waals surface area contributed by atoms with Gasteiger partial charge < -0.3 is 19.2 Å². The Labute approximate surface area is 124 Å². The molecule has 0 radical (unpaired) electrons. The Balaban J connectivity index is 2.71. The molecule has 0 aromatic carbocycles. The fourth-order valence-electron chi connectivity index (χ4n) is 1.49. The second kappa shape index (κ2) is 8.63. The van der Waals surface area contributed by atoms with Crippen molar-refractivity contribution in [2.75, 3.05) is 26.8 Å². The van der Waals surface area contributed by atoms with Gasteiger partial charge in [0, 0.05) is 13.7 Å². The molecule has 1 heterocycles. The lowest BCUT2D eigenvalue weighted by molar-refractivity contribution is -0.137. The smallest absolute Gasteiger partial charge is 0.323 e. The van der Waals surface area contributed by atoms with Crippen molar-refractivity contribution >= 4 is 23.6 Å². The zero-order chi connectivity index (χ0) is 15.8. The van der Waals surface area contributed by atoms with Gasteiger partial charge in [-0.25, -0.2) is 0 Å². The number of hydrogen-bond donors (Lipinski definition) is 1. The van der Waals surface area contributed by atoms with E-state index in [0.717, 1.165) is 4.90 Å². The van der Waals surface area contributed by atoms with Crippen molar-refractivity contribution in [2.45, 2.75) is 11.5 Å². The summed E-state index contributed by atoms with van der Waals surface area (Å²) < 4.78 is 34.1. The summed E-state index contributed by atoms with van der Waals surface area (Å²) in [6.45, 7) is -0.235. The van der Waals surface area contributed by atoms with Gasteiger partial charge in [-0.2, -0.15) is 8.78 Å². The number of furan rings is 1. The molecule has 0 spiro atoms. The Morgan fingerprint density at radius 3 is 2.76 bits per heavy atom. The quantitative estimate of drug-likeness (QED) is 0.748. The fourth-order valence-corrected chi connectivity index (χ4v) is 1.93. The molecule has 1 aromatic heterocycles. The Bertz CT molecular complexity index is 480. The number of alkyl halides is 2. The molecule has 0 atom stereocenters. The SMILES string of the molecule is COCCN(CC(=O)O)C(=O)c1ccc(CSC(F)F)o1. The number of halogens is 2. The van der Waals surface area contributed by atoms with Gasteiger partial charge >= 0.3 is 5.97 Å². The molecule has 0 saturated carbocycles. The average molecular weight is 323 g/mol. The largest absolute Gasteiger partial charge is 0.480 e. The van der Waals surface area contributed by atoms with Crippen LogP contribution in [0.1, 0.15) is 16.3 Å². The molecular formula is C12H15F2NO5S. The summed E-state index contributed by atoms with van der Waals surface area (Å²) in [4.78, 5) is 23.9. The number of thioether (sulfide) groups is 1. The molecule has 1 rings (SSSR count). The van der Waals surface area contributed by atoms with Crippen LogP contribution < -0.4 is 0 Å². The number of carboxylic acid groups (broad SMARTS) is 1. The molecule has 9 heteroatoms. The highest BCUT2D eigenvalue weighted by Gasteiger charge is 2.21. The van der Waals surface area contributed by atoms with Crippen LogP contribution in [0.4, 0.5) is 8.78 Å². The molecule has 0 aliphatic carbocycles. The van der Waals surface area contributed by atoms with E-state index < -0.39 is 24.2 Å². The van der Waals surface area contributed by atoms with Crippen LogP contribution in [0.3, 0.4) is 0 Å². The van der Waals surface area contributed by atoms with Crippen LogP contribution in [0.2, 0.25) is 0 Å². The lowest BCUT2D eigenvalue weighted by Crippen LogP contribution is -2.37. The van der Waals surface area contributed by atoms with Crippen molar-refractivity contribution in [3.8, 4) is 0 Å². The number of carboxylic acids is 1. The lowest BCUT2D eigenvalue weighted by Gasteiger charge is -2.18. The first kappa shape index (κ1) is 17.4. The first-order valence-electron chi connectivity index (χ1n) is 5.92. The van der Waals surface area contributed by atoms with Crippen molar-refractivity contribution in [2.24, 2.45) is 0 Å². The van der Waals surface area contributed by atoms with E-state index in [-0.39, 0.29) is 30.4 Å². The molecule has 118 valence electrons. The van der Waals surface area contributed by atoms with Crippen LogP contribution in [0.15, 0.2) is 16.5 Å². The van der Waals surface area contributed by atoms with E-state index in [2.05, 4.69) is 0 Å². The molecule has 0 aliphatic rings.